The summed E-state index contributed by atoms with van der Waals surface area (Å²) in [6.07, 6.45) is 0.349. The summed E-state index contributed by atoms with van der Waals surface area (Å²) in [7, 11) is 3.06. The van der Waals surface area contributed by atoms with Gasteiger partial charge in [0.1, 0.15) is 11.5 Å². The first kappa shape index (κ1) is 15.4. The van der Waals surface area contributed by atoms with E-state index in [9.17, 15) is 4.79 Å². The minimum absolute atomic E-state index is 0.259. The van der Waals surface area contributed by atoms with E-state index in [1.54, 1.807) is 30.3 Å². The SMILES string of the molecule is COc1cc(OC)cc(C(=O)Nc2ccc(CC#N)cc2)c1. The van der Waals surface area contributed by atoms with E-state index in [0.29, 0.717) is 29.2 Å². The van der Waals surface area contributed by atoms with Crippen LogP contribution in [0.4, 0.5) is 5.69 Å². The molecule has 2 aromatic carbocycles. The smallest absolute Gasteiger partial charge is 0.255 e. The van der Waals surface area contributed by atoms with Crippen LogP contribution in [0.1, 0.15) is 15.9 Å². The molecule has 2 aromatic rings. The van der Waals surface area contributed by atoms with Crippen LogP contribution >= 0.6 is 0 Å². The number of hydrogen-bond acceptors (Lipinski definition) is 4. The number of amides is 1. The fourth-order valence-electron chi connectivity index (χ4n) is 1.94. The first-order valence-corrected chi connectivity index (χ1v) is 6.66. The van der Waals surface area contributed by atoms with Gasteiger partial charge in [-0.2, -0.15) is 5.26 Å². The van der Waals surface area contributed by atoms with Crippen molar-refractivity contribution in [3.8, 4) is 17.6 Å². The fourth-order valence-corrected chi connectivity index (χ4v) is 1.94. The Morgan fingerprint density at radius 3 is 2.18 bits per heavy atom. The van der Waals surface area contributed by atoms with Gasteiger partial charge in [-0.25, -0.2) is 0 Å². The third kappa shape index (κ3) is 3.76. The van der Waals surface area contributed by atoms with Gasteiger partial charge in [0, 0.05) is 17.3 Å². The van der Waals surface area contributed by atoms with Crippen molar-refractivity contribution in [1.29, 1.82) is 5.26 Å². The summed E-state index contributed by atoms with van der Waals surface area (Å²) in [5.74, 6) is 0.841. The third-order valence-electron chi connectivity index (χ3n) is 3.11. The largest absolute Gasteiger partial charge is 0.497 e. The van der Waals surface area contributed by atoms with Crippen molar-refractivity contribution in [3.63, 3.8) is 0 Å². The number of carbonyl (C=O) groups is 1. The lowest BCUT2D eigenvalue weighted by atomic mass is 10.1. The van der Waals surface area contributed by atoms with E-state index in [1.165, 1.54) is 14.2 Å². The van der Waals surface area contributed by atoms with E-state index in [1.807, 2.05) is 12.1 Å². The second kappa shape index (κ2) is 7.14. The highest BCUT2D eigenvalue weighted by Gasteiger charge is 2.10. The van der Waals surface area contributed by atoms with E-state index < -0.39 is 0 Å². The molecule has 0 heterocycles. The number of benzene rings is 2. The number of rotatable bonds is 5. The average molecular weight is 296 g/mol. The summed E-state index contributed by atoms with van der Waals surface area (Å²) in [4.78, 5) is 12.3. The monoisotopic (exact) mass is 296 g/mol. The van der Waals surface area contributed by atoms with Gasteiger partial charge in [0.25, 0.3) is 5.91 Å². The van der Waals surface area contributed by atoms with Gasteiger partial charge in [-0.1, -0.05) is 12.1 Å². The van der Waals surface area contributed by atoms with Crippen LogP contribution in [0.25, 0.3) is 0 Å². The Balaban J connectivity index is 2.16. The minimum Gasteiger partial charge on any atom is -0.497 e. The van der Waals surface area contributed by atoms with E-state index >= 15 is 0 Å². The molecule has 0 aliphatic carbocycles. The highest BCUT2D eigenvalue weighted by Crippen LogP contribution is 2.23. The quantitative estimate of drug-likeness (QED) is 0.920. The Morgan fingerprint density at radius 2 is 1.68 bits per heavy atom. The Labute approximate surface area is 129 Å². The van der Waals surface area contributed by atoms with Crippen molar-refractivity contribution in [2.75, 3.05) is 19.5 Å². The zero-order chi connectivity index (χ0) is 15.9. The van der Waals surface area contributed by atoms with Crippen LogP contribution in [-0.2, 0) is 6.42 Å². The number of carbonyl (C=O) groups excluding carboxylic acids is 1. The van der Waals surface area contributed by atoms with Crippen LogP contribution in [0.2, 0.25) is 0 Å². The number of methoxy groups -OCH3 is 2. The lowest BCUT2D eigenvalue weighted by Crippen LogP contribution is -2.12. The maximum Gasteiger partial charge on any atom is 0.255 e. The van der Waals surface area contributed by atoms with Crippen molar-refractivity contribution in [3.05, 3.63) is 53.6 Å². The zero-order valence-electron chi connectivity index (χ0n) is 12.4. The van der Waals surface area contributed by atoms with Gasteiger partial charge in [-0.15, -0.1) is 0 Å². The van der Waals surface area contributed by atoms with Crippen molar-refractivity contribution in [2.24, 2.45) is 0 Å². The third-order valence-corrected chi connectivity index (χ3v) is 3.11. The molecule has 1 N–H and O–H groups in total. The van der Waals surface area contributed by atoms with Crippen LogP contribution < -0.4 is 14.8 Å². The summed E-state index contributed by atoms with van der Waals surface area (Å²) < 4.78 is 10.3. The zero-order valence-corrected chi connectivity index (χ0v) is 12.4. The van der Waals surface area contributed by atoms with Crippen LogP contribution in [0.3, 0.4) is 0 Å². The number of nitrogens with one attached hydrogen (secondary N) is 1. The second-order valence-electron chi connectivity index (χ2n) is 4.59. The highest BCUT2D eigenvalue weighted by atomic mass is 16.5. The maximum atomic E-state index is 12.3. The molecule has 5 heteroatoms. The molecule has 0 radical (unpaired) electrons. The van der Waals surface area contributed by atoms with Crippen LogP contribution in [0.15, 0.2) is 42.5 Å². The van der Waals surface area contributed by atoms with Gasteiger partial charge in [-0.05, 0) is 29.8 Å². The second-order valence-corrected chi connectivity index (χ2v) is 4.59. The molecular formula is C17H16N2O3. The molecule has 0 aliphatic heterocycles. The first-order valence-electron chi connectivity index (χ1n) is 6.66. The fraction of sp³-hybridized carbons (Fsp3) is 0.176. The molecule has 22 heavy (non-hydrogen) atoms. The minimum atomic E-state index is -0.259. The summed E-state index contributed by atoms with van der Waals surface area (Å²) in [5, 5.41) is 11.4. The van der Waals surface area contributed by atoms with Crippen molar-refractivity contribution < 1.29 is 14.3 Å². The summed E-state index contributed by atoms with van der Waals surface area (Å²) >= 11 is 0. The number of anilines is 1. The predicted octanol–water partition coefficient (Wildman–Crippen LogP) is 3.02. The van der Waals surface area contributed by atoms with Crippen molar-refractivity contribution in [1.82, 2.24) is 0 Å². The normalized spacial score (nSPS) is 9.68. The number of nitriles is 1. The van der Waals surface area contributed by atoms with E-state index in [0.717, 1.165) is 5.56 Å². The Hall–Kier alpha value is -3.00. The summed E-state index contributed by atoms with van der Waals surface area (Å²) in [6.45, 7) is 0. The van der Waals surface area contributed by atoms with E-state index in [-0.39, 0.29) is 5.91 Å². The Kier molecular flexibility index (Phi) is 4.99. The highest BCUT2D eigenvalue weighted by molar-refractivity contribution is 6.04. The van der Waals surface area contributed by atoms with Crippen molar-refractivity contribution in [2.45, 2.75) is 6.42 Å². The Morgan fingerprint density at radius 1 is 1.09 bits per heavy atom. The summed E-state index contributed by atoms with van der Waals surface area (Å²) in [5.41, 5.74) is 2.01. The molecule has 0 spiro atoms. The lowest BCUT2D eigenvalue weighted by Gasteiger charge is -2.09. The predicted molar refractivity (Wildman–Crippen MR) is 83.3 cm³/mol. The first-order chi connectivity index (χ1) is 10.7. The molecule has 0 aliphatic rings. The molecule has 0 saturated carbocycles. The molecule has 0 aromatic heterocycles. The van der Waals surface area contributed by atoms with Crippen LogP contribution in [0.5, 0.6) is 11.5 Å². The van der Waals surface area contributed by atoms with E-state index in [4.69, 9.17) is 14.7 Å². The van der Waals surface area contributed by atoms with Gasteiger partial charge < -0.3 is 14.8 Å². The van der Waals surface area contributed by atoms with Gasteiger partial charge in [0.05, 0.1) is 26.7 Å². The van der Waals surface area contributed by atoms with E-state index in [2.05, 4.69) is 11.4 Å². The molecule has 2 rings (SSSR count). The van der Waals surface area contributed by atoms with Crippen LogP contribution in [-0.4, -0.2) is 20.1 Å². The number of hydrogen-bond donors (Lipinski definition) is 1. The average Bonchev–Trinajstić information content (AvgIpc) is 2.56. The lowest BCUT2D eigenvalue weighted by molar-refractivity contribution is 0.102. The van der Waals surface area contributed by atoms with Gasteiger partial charge in [-0.3, -0.25) is 4.79 Å². The van der Waals surface area contributed by atoms with Gasteiger partial charge in [0.15, 0.2) is 0 Å². The number of ether oxygens (including phenoxy) is 2. The Bertz CT molecular complexity index is 681. The molecule has 5 nitrogen and oxygen atoms in total. The topological polar surface area (TPSA) is 71.3 Å². The molecule has 1 amide bonds. The summed E-state index contributed by atoms with van der Waals surface area (Å²) in [6, 6.07) is 14.2. The van der Waals surface area contributed by atoms with Crippen LogP contribution in [0, 0.1) is 11.3 Å². The van der Waals surface area contributed by atoms with Gasteiger partial charge in [0.2, 0.25) is 0 Å². The molecule has 112 valence electrons. The number of nitrogens with zero attached hydrogens (tertiary/aromatic N) is 1. The van der Waals surface area contributed by atoms with Crippen molar-refractivity contribution >= 4 is 11.6 Å². The molecule has 0 atom stereocenters. The molecule has 0 unspecified atom stereocenters. The molecular weight excluding hydrogens is 280 g/mol. The molecule has 0 fully saturated rings. The standard InChI is InChI=1S/C17H16N2O3/c1-21-15-9-13(10-16(11-15)22-2)17(20)19-14-5-3-12(4-6-14)7-8-18/h3-6,9-11H,7H2,1-2H3,(H,19,20). The molecule has 0 saturated heterocycles. The molecule has 0 bridgehead atoms. The van der Waals surface area contributed by atoms with Gasteiger partial charge >= 0.3 is 0 Å². The maximum absolute atomic E-state index is 12.3.